The second kappa shape index (κ2) is 22.9. The molecule has 3 N–H and O–H groups in total. The smallest absolute Gasteiger partial charge is 0.0531 e. The normalized spacial score (nSPS) is 11.3. The molecule has 26 heavy (non-hydrogen) atoms. The average molecular weight is 377 g/mol. The molecule has 0 saturated carbocycles. The van der Waals surface area contributed by atoms with Crippen molar-refractivity contribution >= 4 is 0 Å². The van der Waals surface area contributed by atoms with Gasteiger partial charge in [0.1, 0.15) is 0 Å². The Hall–Kier alpha value is -0.160. The maximum absolute atomic E-state index is 8.66. The first-order valence-electron chi connectivity index (χ1n) is 11.1. The Bertz CT molecular complexity index is 211. The van der Waals surface area contributed by atoms with Crippen LogP contribution in [0.3, 0.4) is 0 Å². The van der Waals surface area contributed by atoms with Gasteiger partial charge in [-0.3, -0.25) is 0 Å². The number of aliphatic hydroxyl groups excluding tert-OH is 3. The summed E-state index contributed by atoms with van der Waals surface area (Å²) < 4.78 is 5.65. The first-order chi connectivity index (χ1) is 12.7. The van der Waals surface area contributed by atoms with Crippen LogP contribution >= 0.6 is 0 Å². The summed E-state index contributed by atoms with van der Waals surface area (Å²) in [5, 5.41) is 26.0. The monoisotopic (exact) mass is 376 g/mol. The fourth-order valence-electron chi connectivity index (χ4n) is 2.56. The van der Waals surface area contributed by atoms with Crippen molar-refractivity contribution in [2.75, 3.05) is 33.0 Å². The molecule has 160 valence electrons. The molecule has 0 unspecified atom stereocenters. The molecule has 0 saturated heterocycles. The maximum atomic E-state index is 8.66. The molecule has 4 nitrogen and oxygen atoms in total. The van der Waals surface area contributed by atoms with E-state index < -0.39 is 5.41 Å². The summed E-state index contributed by atoms with van der Waals surface area (Å²) in [5.74, 6) is 0. The minimum atomic E-state index is -0.667. The van der Waals surface area contributed by atoms with E-state index in [1.807, 2.05) is 6.92 Å². The third kappa shape index (κ3) is 18.6. The molecule has 0 atom stereocenters. The zero-order valence-corrected chi connectivity index (χ0v) is 18.0. The Labute approximate surface area is 163 Å². The SMILES string of the molecule is CCC(CO)(CO)CO.CCCCCCCCOCCCCCCCC. The first-order valence-corrected chi connectivity index (χ1v) is 11.1. The highest BCUT2D eigenvalue weighted by Crippen LogP contribution is 2.18. The van der Waals surface area contributed by atoms with Crippen LogP contribution in [0.25, 0.3) is 0 Å². The van der Waals surface area contributed by atoms with Crippen LogP contribution < -0.4 is 0 Å². The number of hydrogen-bond acceptors (Lipinski definition) is 4. The summed E-state index contributed by atoms with van der Waals surface area (Å²) in [5.41, 5.74) is -0.667. The molecule has 0 radical (unpaired) electrons. The van der Waals surface area contributed by atoms with Crippen LogP contribution in [0.4, 0.5) is 0 Å². The van der Waals surface area contributed by atoms with Crippen LogP contribution in [0.1, 0.15) is 104 Å². The van der Waals surface area contributed by atoms with Crippen molar-refractivity contribution in [1.82, 2.24) is 0 Å². The lowest BCUT2D eigenvalue weighted by Gasteiger charge is -2.24. The predicted molar refractivity (Wildman–Crippen MR) is 112 cm³/mol. The van der Waals surface area contributed by atoms with Crippen LogP contribution in [-0.2, 0) is 4.74 Å². The molecule has 0 aromatic heterocycles. The summed E-state index contributed by atoms with van der Waals surface area (Å²) in [6.45, 7) is 7.86. The number of rotatable bonds is 18. The second-order valence-electron chi connectivity index (χ2n) is 7.48. The van der Waals surface area contributed by atoms with E-state index in [0.29, 0.717) is 6.42 Å². The van der Waals surface area contributed by atoms with E-state index in [4.69, 9.17) is 20.1 Å². The van der Waals surface area contributed by atoms with Gasteiger partial charge in [-0.05, 0) is 19.3 Å². The zero-order chi connectivity index (χ0) is 19.9. The molecule has 0 fully saturated rings. The van der Waals surface area contributed by atoms with E-state index in [1.54, 1.807) is 0 Å². The van der Waals surface area contributed by atoms with Crippen molar-refractivity contribution in [2.45, 2.75) is 104 Å². The van der Waals surface area contributed by atoms with Gasteiger partial charge in [0.25, 0.3) is 0 Å². The van der Waals surface area contributed by atoms with Gasteiger partial charge < -0.3 is 20.1 Å². The van der Waals surface area contributed by atoms with E-state index in [9.17, 15) is 0 Å². The molecular weight excluding hydrogens is 328 g/mol. The van der Waals surface area contributed by atoms with Gasteiger partial charge in [0.15, 0.2) is 0 Å². The zero-order valence-electron chi connectivity index (χ0n) is 18.0. The summed E-state index contributed by atoms with van der Waals surface area (Å²) >= 11 is 0. The molecule has 0 amide bonds. The Balaban J connectivity index is 0. The van der Waals surface area contributed by atoms with Crippen LogP contribution in [0.2, 0.25) is 0 Å². The maximum Gasteiger partial charge on any atom is 0.0531 e. The number of ether oxygens (including phenoxy) is 1. The lowest BCUT2D eigenvalue weighted by Crippen LogP contribution is -2.32. The quantitative estimate of drug-likeness (QED) is 0.292. The van der Waals surface area contributed by atoms with Gasteiger partial charge in [-0.25, -0.2) is 0 Å². The standard InChI is InChI=1S/C16H34O.C6H14O3/c1-3-5-7-9-11-13-15-17-16-14-12-10-8-6-4-2;1-2-6(3-7,4-8)5-9/h3-16H2,1-2H3;7-9H,2-5H2,1H3. The molecule has 0 rings (SSSR count). The van der Waals surface area contributed by atoms with Crippen LogP contribution in [0.5, 0.6) is 0 Å². The number of aliphatic hydroxyl groups is 3. The summed E-state index contributed by atoms with van der Waals surface area (Å²) in [6.07, 6.45) is 16.9. The molecule has 0 aromatic rings. The Morgan fingerprint density at radius 2 is 0.885 bits per heavy atom. The van der Waals surface area contributed by atoms with E-state index in [-0.39, 0.29) is 19.8 Å². The third-order valence-electron chi connectivity index (χ3n) is 5.04. The fraction of sp³-hybridized carbons (Fsp3) is 1.00. The first kappa shape index (κ1) is 28.1. The summed E-state index contributed by atoms with van der Waals surface area (Å²) in [7, 11) is 0. The molecule has 0 spiro atoms. The molecule has 4 heteroatoms. The minimum Gasteiger partial charge on any atom is -0.396 e. The van der Waals surface area contributed by atoms with Gasteiger partial charge in [-0.2, -0.15) is 0 Å². The summed E-state index contributed by atoms with van der Waals surface area (Å²) in [6, 6.07) is 0. The second-order valence-corrected chi connectivity index (χ2v) is 7.48. The van der Waals surface area contributed by atoms with Crippen molar-refractivity contribution in [3.63, 3.8) is 0 Å². The van der Waals surface area contributed by atoms with Gasteiger partial charge >= 0.3 is 0 Å². The van der Waals surface area contributed by atoms with E-state index >= 15 is 0 Å². The van der Waals surface area contributed by atoms with Crippen molar-refractivity contribution in [1.29, 1.82) is 0 Å². The lowest BCUT2D eigenvalue weighted by atomic mass is 9.88. The van der Waals surface area contributed by atoms with Gasteiger partial charge in [-0.15, -0.1) is 0 Å². The van der Waals surface area contributed by atoms with Crippen molar-refractivity contribution in [2.24, 2.45) is 5.41 Å². The Morgan fingerprint density at radius 3 is 1.15 bits per heavy atom. The highest BCUT2D eigenvalue weighted by molar-refractivity contribution is 4.74. The van der Waals surface area contributed by atoms with E-state index in [0.717, 1.165) is 13.2 Å². The predicted octanol–water partition coefficient (Wildman–Crippen LogP) is 5.08. The largest absolute Gasteiger partial charge is 0.396 e. The van der Waals surface area contributed by atoms with Crippen molar-refractivity contribution in [3.05, 3.63) is 0 Å². The molecule has 0 aromatic carbocycles. The van der Waals surface area contributed by atoms with Crippen molar-refractivity contribution < 1.29 is 20.1 Å². The highest BCUT2D eigenvalue weighted by Gasteiger charge is 2.24. The average Bonchev–Trinajstić information content (AvgIpc) is 2.68. The number of hydrogen-bond donors (Lipinski definition) is 3. The van der Waals surface area contributed by atoms with Gasteiger partial charge in [0.2, 0.25) is 0 Å². The fourth-order valence-corrected chi connectivity index (χ4v) is 2.56. The highest BCUT2D eigenvalue weighted by atomic mass is 16.5. The topological polar surface area (TPSA) is 69.9 Å². The Kier molecular flexibility index (Phi) is 24.7. The summed E-state index contributed by atoms with van der Waals surface area (Å²) in [4.78, 5) is 0. The lowest BCUT2D eigenvalue weighted by molar-refractivity contribution is 0.00304. The molecule has 0 aliphatic heterocycles. The van der Waals surface area contributed by atoms with Gasteiger partial charge in [0, 0.05) is 18.6 Å². The van der Waals surface area contributed by atoms with Gasteiger partial charge in [0.05, 0.1) is 19.8 Å². The molecule has 0 bridgehead atoms. The van der Waals surface area contributed by atoms with Crippen LogP contribution in [-0.4, -0.2) is 48.4 Å². The van der Waals surface area contributed by atoms with Crippen molar-refractivity contribution in [3.8, 4) is 0 Å². The molecule has 0 heterocycles. The van der Waals surface area contributed by atoms with Crippen LogP contribution in [0.15, 0.2) is 0 Å². The molecule has 0 aliphatic rings. The molecule has 0 aliphatic carbocycles. The van der Waals surface area contributed by atoms with Gasteiger partial charge in [-0.1, -0.05) is 85.0 Å². The van der Waals surface area contributed by atoms with Crippen LogP contribution in [0, 0.1) is 5.41 Å². The molecular formula is C22H48O4. The van der Waals surface area contributed by atoms with E-state index in [1.165, 1.54) is 77.0 Å². The third-order valence-corrected chi connectivity index (χ3v) is 5.04. The number of unbranched alkanes of at least 4 members (excludes halogenated alkanes) is 10. The van der Waals surface area contributed by atoms with E-state index in [2.05, 4.69) is 13.8 Å². The minimum absolute atomic E-state index is 0.156. The Morgan fingerprint density at radius 1 is 0.538 bits per heavy atom.